The number of amides is 1. The molecule has 3 rings (SSSR count). The summed E-state index contributed by atoms with van der Waals surface area (Å²) in [5.74, 6) is 0.294. The molecule has 1 saturated heterocycles. The Labute approximate surface area is 173 Å². The summed E-state index contributed by atoms with van der Waals surface area (Å²) in [6.45, 7) is 6.88. The van der Waals surface area contributed by atoms with E-state index in [1.54, 1.807) is 6.07 Å². The number of carbonyl (C=O) groups is 1. The molecule has 1 fully saturated rings. The molecule has 9 nitrogen and oxygen atoms in total. The van der Waals surface area contributed by atoms with Gasteiger partial charge in [0.05, 0.1) is 11.5 Å². The fraction of sp³-hybridized carbons (Fsp3) is 0.474. The number of hydrogen-bond acceptors (Lipinski definition) is 7. The molecule has 1 aliphatic heterocycles. The average molecular weight is 422 g/mol. The maximum atomic E-state index is 11.9. The minimum Gasteiger partial charge on any atom is -0.447 e. The first kappa shape index (κ1) is 21.2. The van der Waals surface area contributed by atoms with Crippen molar-refractivity contribution in [3.05, 3.63) is 56.7 Å². The summed E-state index contributed by atoms with van der Waals surface area (Å²) in [5, 5.41) is 14.3. The van der Waals surface area contributed by atoms with Crippen LogP contribution in [0.5, 0.6) is 0 Å². The Morgan fingerprint density at radius 2 is 1.97 bits per heavy atom. The first-order valence-corrected chi connectivity index (χ1v) is 9.94. The van der Waals surface area contributed by atoms with Crippen LogP contribution in [0.1, 0.15) is 35.3 Å². The number of halogens is 1. The van der Waals surface area contributed by atoms with Crippen molar-refractivity contribution in [2.24, 2.45) is 0 Å². The first-order chi connectivity index (χ1) is 14.0. The molecule has 0 atom stereocenters. The van der Waals surface area contributed by atoms with Gasteiger partial charge in [0.15, 0.2) is 5.69 Å². The fourth-order valence-corrected chi connectivity index (χ4v) is 3.33. The van der Waals surface area contributed by atoms with E-state index in [0.717, 1.165) is 38.2 Å². The van der Waals surface area contributed by atoms with Crippen molar-refractivity contribution >= 4 is 23.2 Å². The van der Waals surface area contributed by atoms with Gasteiger partial charge in [-0.25, -0.2) is 4.98 Å². The molecule has 0 saturated carbocycles. The molecule has 2 aromatic rings. The summed E-state index contributed by atoms with van der Waals surface area (Å²) in [6.07, 6.45) is 2.25. The summed E-state index contributed by atoms with van der Waals surface area (Å²) in [7, 11) is 0. The van der Waals surface area contributed by atoms with E-state index >= 15 is 0 Å². The van der Waals surface area contributed by atoms with Crippen LogP contribution in [-0.4, -0.2) is 58.3 Å². The molecule has 1 aromatic carbocycles. The van der Waals surface area contributed by atoms with Crippen molar-refractivity contribution in [1.29, 1.82) is 0 Å². The molecular weight excluding hydrogens is 398 g/mol. The second-order valence-corrected chi connectivity index (χ2v) is 7.37. The van der Waals surface area contributed by atoms with Gasteiger partial charge in [-0.15, -0.1) is 0 Å². The van der Waals surface area contributed by atoms with Gasteiger partial charge in [-0.05, 0) is 18.1 Å². The fourth-order valence-electron chi connectivity index (χ4n) is 3.15. The molecule has 1 aliphatic rings. The predicted octanol–water partition coefficient (Wildman–Crippen LogP) is 2.69. The lowest BCUT2D eigenvalue weighted by Crippen LogP contribution is -2.45. The third-order valence-electron chi connectivity index (χ3n) is 4.78. The quantitative estimate of drug-likeness (QED) is 0.516. The normalized spacial score (nSPS) is 15.4. The Hall–Kier alpha value is -2.49. The van der Waals surface area contributed by atoms with E-state index < -0.39 is 4.92 Å². The van der Waals surface area contributed by atoms with E-state index in [4.69, 9.17) is 16.0 Å². The van der Waals surface area contributed by atoms with E-state index in [9.17, 15) is 14.9 Å². The van der Waals surface area contributed by atoms with Gasteiger partial charge >= 0.3 is 0 Å². The monoisotopic (exact) mass is 421 g/mol. The minimum atomic E-state index is -0.412. The molecule has 1 amide bonds. The molecule has 29 heavy (non-hydrogen) atoms. The summed E-state index contributed by atoms with van der Waals surface area (Å²) >= 11 is 6.20. The summed E-state index contributed by atoms with van der Waals surface area (Å²) in [4.78, 5) is 31.1. The lowest BCUT2D eigenvalue weighted by Gasteiger charge is -2.34. The highest BCUT2D eigenvalue weighted by Gasteiger charge is 2.21. The molecule has 0 aliphatic carbocycles. The Kier molecular flexibility index (Phi) is 7.18. The maximum Gasteiger partial charge on any atom is 0.273 e. The second kappa shape index (κ2) is 9.82. The van der Waals surface area contributed by atoms with Crippen LogP contribution >= 0.6 is 11.6 Å². The number of oxazole rings is 1. The van der Waals surface area contributed by atoms with Gasteiger partial charge in [0.25, 0.3) is 11.6 Å². The number of benzene rings is 1. The molecule has 0 bridgehead atoms. The van der Waals surface area contributed by atoms with Gasteiger partial charge in [0.2, 0.25) is 5.89 Å². The number of nitro groups is 1. The topological polar surface area (TPSA) is 105 Å². The predicted molar refractivity (Wildman–Crippen MR) is 108 cm³/mol. The molecule has 1 N–H and O–H groups in total. The van der Waals surface area contributed by atoms with Crippen molar-refractivity contribution in [2.45, 2.75) is 26.4 Å². The average Bonchev–Trinajstić information content (AvgIpc) is 3.17. The van der Waals surface area contributed by atoms with Gasteiger partial charge in [-0.3, -0.25) is 24.7 Å². The molecule has 156 valence electrons. The van der Waals surface area contributed by atoms with Gasteiger partial charge in [0.1, 0.15) is 6.26 Å². The van der Waals surface area contributed by atoms with Crippen LogP contribution in [0.15, 0.2) is 28.9 Å². The van der Waals surface area contributed by atoms with Crippen LogP contribution in [0, 0.1) is 10.1 Å². The zero-order valence-corrected chi connectivity index (χ0v) is 17.0. The number of aromatic nitrogens is 1. The third kappa shape index (κ3) is 5.75. The summed E-state index contributed by atoms with van der Waals surface area (Å²) in [5.41, 5.74) is 1.10. The summed E-state index contributed by atoms with van der Waals surface area (Å²) < 4.78 is 5.43. The number of hydrogen-bond donors (Lipinski definition) is 1. The van der Waals surface area contributed by atoms with E-state index in [1.807, 2.05) is 6.92 Å². The molecular formula is C19H24ClN5O4. The number of rotatable bonds is 8. The van der Waals surface area contributed by atoms with Crippen molar-refractivity contribution < 1.29 is 14.1 Å². The second-order valence-electron chi connectivity index (χ2n) is 6.97. The van der Waals surface area contributed by atoms with Crippen molar-refractivity contribution in [3.63, 3.8) is 0 Å². The first-order valence-electron chi connectivity index (χ1n) is 9.56. The van der Waals surface area contributed by atoms with Crippen LogP contribution in [0.2, 0.25) is 5.02 Å². The number of piperazine rings is 1. The number of nitrogens with one attached hydrogen (secondary N) is 1. The van der Waals surface area contributed by atoms with Crippen LogP contribution in [0.25, 0.3) is 0 Å². The van der Waals surface area contributed by atoms with Crippen LogP contribution in [-0.2, 0) is 13.1 Å². The van der Waals surface area contributed by atoms with Crippen molar-refractivity contribution in [3.8, 4) is 0 Å². The molecule has 0 spiro atoms. The number of non-ortho nitro benzene ring substituents is 1. The smallest absolute Gasteiger partial charge is 0.273 e. The van der Waals surface area contributed by atoms with Crippen molar-refractivity contribution in [1.82, 2.24) is 20.1 Å². The Bertz CT molecular complexity index is 864. The van der Waals surface area contributed by atoms with Gasteiger partial charge in [-0.1, -0.05) is 18.5 Å². The Balaban J connectivity index is 1.50. The lowest BCUT2D eigenvalue weighted by atomic mass is 10.1. The molecule has 0 radical (unpaired) electrons. The number of nitrogens with zero attached hydrogens (tertiary/aromatic N) is 4. The third-order valence-corrected chi connectivity index (χ3v) is 5.15. The van der Waals surface area contributed by atoms with Gasteiger partial charge < -0.3 is 9.73 Å². The van der Waals surface area contributed by atoms with E-state index in [0.29, 0.717) is 36.2 Å². The van der Waals surface area contributed by atoms with Gasteiger partial charge in [-0.2, -0.15) is 0 Å². The van der Waals surface area contributed by atoms with Gasteiger partial charge in [0, 0.05) is 56.4 Å². The number of nitro benzene ring substituents is 1. The van der Waals surface area contributed by atoms with E-state index in [1.165, 1.54) is 18.4 Å². The molecule has 1 aromatic heterocycles. The zero-order valence-electron chi connectivity index (χ0n) is 16.3. The molecule has 10 heteroatoms. The highest BCUT2D eigenvalue weighted by atomic mass is 35.5. The van der Waals surface area contributed by atoms with E-state index in [2.05, 4.69) is 20.1 Å². The van der Waals surface area contributed by atoms with Crippen LogP contribution in [0.4, 0.5) is 5.69 Å². The largest absolute Gasteiger partial charge is 0.447 e. The standard InChI is InChI=1S/C19H24ClN5O4/c1-2-5-21-19(26)17-13-29-18(22-17)12-24-8-6-23(7-9-24)11-14-10-15(25(27)28)3-4-16(14)20/h3-4,10,13H,2,5-9,11-12H2,1H3,(H,21,26). The highest BCUT2D eigenvalue weighted by Crippen LogP contribution is 2.24. The molecule has 2 heterocycles. The summed E-state index contributed by atoms with van der Waals surface area (Å²) in [6, 6.07) is 4.52. The maximum absolute atomic E-state index is 11.9. The minimum absolute atomic E-state index is 0.0470. The van der Waals surface area contributed by atoms with Crippen molar-refractivity contribution in [2.75, 3.05) is 32.7 Å². The Morgan fingerprint density at radius 3 is 2.62 bits per heavy atom. The van der Waals surface area contributed by atoms with E-state index in [-0.39, 0.29) is 11.6 Å². The molecule has 0 unspecified atom stereocenters. The zero-order chi connectivity index (χ0) is 20.8. The van der Waals surface area contributed by atoms with Crippen LogP contribution < -0.4 is 5.32 Å². The SMILES string of the molecule is CCCNC(=O)c1coc(CN2CCN(Cc3cc([N+](=O)[O-])ccc3Cl)CC2)n1. The van der Waals surface area contributed by atoms with Crippen LogP contribution in [0.3, 0.4) is 0 Å². The highest BCUT2D eigenvalue weighted by molar-refractivity contribution is 6.31. The lowest BCUT2D eigenvalue weighted by molar-refractivity contribution is -0.384. The number of carbonyl (C=O) groups excluding carboxylic acids is 1. The Morgan fingerprint density at radius 1 is 1.28 bits per heavy atom.